The summed E-state index contributed by atoms with van der Waals surface area (Å²) in [7, 11) is 0. The van der Waals surface area contributed by atoms with E-state index in [2.05, 4.69) is 4.98 Å². The van der Waals surface area contributed by atoms with Gasteiger partial charge in [0.25, 0.3) is 0 Å². The summed E-state index contributed by atoms with van der Waals surface area (Å²) in [6.07, 6.45) is 3.11. The molecule has 4 heteroatoms. The van der Waals surface area contributed by atoms with Gasteiger partial charge in [0.15, 0.2) is 5.78 Å². The average molecular weight is 255 g/mol. The van der Waals surface area contributed by atoms with Crippen LogP contribution in [-0.2, 0) is 4.79 Å². The Hall–Kier alpha value is -2.49. The van der Waals surface area contributed by atoms with Gasteiger partial charge in [-0.25, -0.2) is 0 Å². The third-order valence-electron chi connectivity index (χ3n) is 2.96. The molecule has 1 heterocycles. The van der Waals surface area contributed by atoms with Crippen LogP contribution in [0.15, 0.2) is 48.8 Å². The molecule has 1 N–H and O–H groups in total. The Morgan fingerprint density at radius 3 is 2.42 bits per heavy atom. The number of aliphatic carboxylic acids is 1. The molecule has 0 bridgehead atoms. The summed E-state index contributed by atoms with van der Waals surface area (Å²) in [5, 5.41) is 8.99. The summed E-state index contributed by atoms with van der Waals surface area (Å²) in [6, 6.07) is 9.99. The van der Waals surface area contributed by atoms with Crippen molar-refractivity contribution < 1.29 is 14.7 Å². The van der Waals surface area contributed by atoms with Gasteiger partial charge in [0.05, 0.1) is 5.92 Å². The minimum absolute atomic E-state index is 0.137. The van der Waals surface area contributed by atoms with Crippen LogP contribution in [0.3, 0.4) is 0 Å². The molecule has 0 saturated heterocycles. The van der Waals surface area contributed by atoms with Gasteiger partial charge in [-0.05, 0) is 30.7 Å². The molecule has 2 aromatic rings. The van der Waals surface area contributed by atoms with E-state index in [0.717, 1.165) is 0 Å². The Kier molecular flexibility index (Phi) is 3.71. The van der Waals surface area contributed by atoms with E-state index in [9.17, 15) is 9.59 Å². The zero-order valence-electron chi connectivity index (χ0n) is 10.4. The van der Waals surface area contributed by atoms with Crippen molar-refractivity contribution in [3.63, 3.8) is 0 Å². The van der Waals surface area contributed by atoms with Gasteiger partial charge in [-0.2, -0.15) is 0 Å². The number of rotatable bonds is 4. The van der Waals surface area contributed by atoms with E-state index in [1.807, 2.05) is 0 Å². The van der Waals surface area contributed by atoms with Crippen molar-refractivity contribution in [1.82, 2.24) is 4.98 Å². The van der Waals surface area contributed by atoms with Crippen molar-refractivity contribution in [1.29, 1.82) is 0 Å². The minimum atomic E-state index is -0.909. The van der Waals surface area contributed by atoms with Crippen LogP contribution >= 0.6 is 0 Å². The molecule has 0 aliphatic heterocycles. The second-order valence-electron chi connectivity index (χ2n) is 4.25. The number of carbonyl (C=O) groups excluding carboxylic acids is 1. The van der Waals surface area contributed by atoms with E-state index in [4.69, 9.17) is 5.11 Å². The number of nitrogens with zero attached hydrogens (tertiary/aromatic N) is 1. The Bertz CT molecular complexity index is 608. The standard InChI is InChI=1S/C15H13NO3/c1-10(15(18)19)12-3-2-4-13(9-12)14(17)11-5-7-16-8-6-11/h2-10H,1H3,(H,18,19). The van der Waals surface area contributed by atoms with Crippen LogP contribution in [0, 0.1) is 0 Å². The lowest BCUT2D eigenvalue weighted by Crippen LogP contribution is -2.09. The van der Waals surface area contributed by atoms with Crippen molar-refractivity contribution >= 4 is 11.8 Å². The van der Waals surface area contributed by atoms with Gasteiger partial charge in [-0.1, -0.05) is 18.2 Å². The number of hydrogen-bond acceptors (Lipinski definition) is 3. The monoisotopic (exact) mass is 255 g/mol. The van der Waals surface area contributed by atoms with E-state index < -0.39 is 11.9 Å². The highest BCUT2D eigenvalue weighted by molar-refractivity contribution is 6.09. The van der Waals surface area contributed by atoms with Crippen LogP contribution in [0.25, 0.3) is 0 Å². The quantitative estimate of drug-likeness (QED) is 0.852. The van der Waals surface area contributed by atoms with Crippen molar-refractivity contribution in [2.24, 2.45) is 0 Å². The molecule has 0 spiro atoms. The molecule has 1 aromatic heterocycles. The van der Waals surface area contributed by atoms with Gasteiger partial charge in [0.1, 0.15) is 0 Å². The SMILES string of the molecule is CC(C(=O)O)c1cccc(C(=O)c2ccncc2)c1. The van der Waals surface area contributed by atoms with Crippen LogP contribution in [0.2, 0.25) is 0 Å². The predicted molar refractivity (Wildman–Crippen MR) is 70.2 cm³/mol. The summed E-state index contributed by atoms with van der Waals surface area (Å²) in [6.45, 7) is 1.60. The Morgan fingerprint density at radius 2 is 1.79 bits per heavy atom. The van der Waals surface area contributed by atoms with Crippen molar-refractivity contribution in [3.8, 4) is 0 Å². The molecule has 2 rings (SSSR count). The summed E-state index contributed by atoms with van der Waals surface area (Å²) in [5.74, 6) is -1.68. The Morgan fingerprint density at radius 1 is 1.11 bits per heavy atom. The van der Waals surface area contributed by atoms with Gasteiger partial charge >= 0.3 is 5.97 Å². The molecule has 0 aliphatic rings. The molecule has 1 atom stereocenters. The molecule has 4 nitrogen and oxygen atoms in total. The van der Waals surface area contributed by atoms with Crippen LogP contribution in [-0.4, -0.2) is 21.8 Å². The van der Waals surface area contributed by atoms with Gasteiger partial charge in [0.2, 0.25) is 0 Å². The number of carboxylic acid groups (broad SMARTS) is 1. The van der Waals surface area contributed by atoms with Gasteiger partial charge in [-0.15, -0.1) is 0 Å². The van der Waals surface area contributed by atoms with Gasteiger partial charge in [0, 0.05) is 23.5 Å². The van der Waals surface area contributed by atoms with Crippen molar-refractivity contribution in [2.75, 3.05) is 0 Å². The highest BCUT2D eigenvalue weighted by atomic mass is 16.4. The minimum Gasteiger partial charge on any atom is -0.481 e. The molecule has 0 radical (unpaired) electrons. The zero-order chi connectivity index (χ0) is 13.8. The molecule has 96 valence electrons. The summed E-state index contributed by atoms with van der Waals surface area (Å²) < 4.78 is 0. The topological polar surface area (TPSA) is 67.3 Å². The molecule has 0 fully saturated rings. The molecule has 1 unspecified atom stereocenters. The lowest BCUT2D eigenvalue weighted by molar-refractivity contribution is -0.138. The summed E-state index contributed by atoms with van der Waals surface area (Å²) in [4.78, 5) is 27.0. The predicted octanol–water partition coefficient (Wildman–Crippen LogP) is 2.50. The fourth-order valence-electron chi connectivity index (χ4n) is 1.76. The first-order chi connectivity index (χ1) is 9.09. The summed E-state index contributed by atoms with van der Waals surface area (Å²) in [5.41, 5.74) is 1.64. The number of aromatic nitrogens is 1. The fraction of sp³-hybridized carbons (Fsp3) is 0.133. The van der Waals surface area contributed by atoms with E-state index in [-0.39, 0.29) is 5.78 Å². The summed E-state index contributed by atoms with van der Waals surface area (Å²) >= 11 is 0. The molecular weight excluding hydrogens is 242 g/mol. The second kappa shape index (κ2) is 5.44. The first kappa shape index (κ1) is 13.0. The molecule has 1 aromatic carbocycles. The number of carbonyl (C=O) groups is 2. The third kappa shape index (κ3) is 2.85. The fourth-order valence-corrected chi connectivity index (χ4v) is 1.76. The number of benzene rings is 1. The Labute approximate surface area is 110 Å². The highest BCUT2D eigenvalue weighted by Gasteiger charge is 2.16. The van der Waals surface area contributed by atoms with Crippen LogP contribution < -0.4 is 0 Å². The van der Waals surface area contributed by atoms with Crippen LogP contribution in [0.5, 0.6) is 0 Å². The molecule has 0 amide bonds. The van der Waals surface area contributed by atoms with Crippen LogP contribution in [0.4, 0.5) is 0 Å². The number of ketones is 1. The highest BCUT2D eigenvalue weighted by Crippen LogP contribution is 2.18. The maximum Gasteiger partial charge on any atom is 0.310 e. The van der Waals surface area contributed by atoms with E-state index >= 15 is 0 Å². The lowest BCUT2D eigenvalue weighted by atomic mass is 9.96. The number of carboxylic acids is 1. The number of pyridine rings is 1. The first-order valence-corrected chi connectivity index (χ1v) is 5.87. The second-order valence-corrected chi connectivity index (χ2v) is 4.25. The first-order valence-electron chi connectivity index (χ1n) is 5.87. The molecule has 0 saturated carbocycles. The lowest BCUT2D eigenvalue weighted by Gasteiger charge is -2.08. The van der Waals surface area contributed by atoms with E-state index in [1.165, 1.54) is 0 Å². The largest absolute Gasteiger partial charge is 0.481 e. The van der Waals surface area contributed by atoms with Gasteiger partial charge in [-0.3, -0.25) is 14.6 Å². The maximum absolute atomic E-state index is 12.2. The van der Waals surface area contributed by atoms with E-state index in [1.54, 1.807) is 55.7 Å². The van der Waals surface area contributed by atoms with Crippen molar-refractivity contribution in [2.45, 2.75) is 12.8 Å². The average Bonchev–Trinajstić information content (AvgIpc) is 2.46. The molecule has 0 aliphatic carbocycles. The smallest absolute Gasteiger partial charge is 0.310 e. The van der Waals surface area contributed by atoms with Gasteiger partial charge < -0.3 is 5.11 Å². The number of hydrogen-bond donors (Lipinski definition) is 1. The normalized spacial score (nSPS) is 11.8. The third-order valence-corrected chi connectivity index (χ3v) is 2.96. The molecular formula is C15H13NO3. The van der Waals surface area contributed by atoms with Crippen molar-refractivity contribution in [3.05, 3.63) is 65.5 Å². The maximum atomic E-state index is 12.2. The molecule has 19 heavy (non-hydrogen) atoms. The van der Waals surface area contributed by atoms with E-state index in [0.29, 0.717) is 16.7 Å². The Balaban J connectivity index is 2.34. The van der Waals surface area contributed by atoms with Crippen LogP contribution in [0.1, 0.15) is 34.3 Å². The zero-order valence-corrected chi connectivity index (χ0v) is 10.4.